The molecule has 4 fully saturated rings. The summed E-state index contributed by atoms with van der Waals surface area (Å²) in [5.74, 6) is -1.16. The first kappa shape index (κ1) is 26.4. The summed E-state index contributed by atoms with van der Waals surface area (Å²) >= 11 is 0. The maximum atomic E-state index is 12.9. The highest BCUT2D eigenvalue weighted by Gasteiger charge is 2.73. The van der Waals surface area contributed by atoms with Gasteiger partial charge in [-0.2, -0.15) is 0 Å². The summed E-state index contributed by atoms with van der Waals surface area (Å²) in [7, 11) is 0. The molecule has 4 saturated carbocycles. The van der Waals surface area contributed by atoms with Gasteiger partial charge in [-0.1, -0.05) is 53.2 Å². The second kappa shape index (κ2) is 7.66. The number of hydrogen-bond donors (Lipinski definition) is 4. The third kappa shape index (κ3) is 2.90. The third-order valence-corrected chi connectivity index (χ3v) is 13.0. The zero-order valence-electron chi connectivity index (χ0n) is 22.9. The number of fused-ring (bicyclic) bond motifs is 7. The van der Waals surface area contributed by atoms with E-state index in [4.69, 9.17) is 0 Å². The van der Waals surface area contributed by atoms with Gasteiger partial charge in [0.05, 0.1) is 23.7 Å². The zero-order chi connectivity index (χ0) is 26.7. The van der Waals surface area contributed by atoms with E-state index in [0.29, 0.717) is 25.7 Å². The number of aliphatic carboxylic acids is 1. The standard InChI is InChI=1S/C30H46O6/c1-25(2)13-18-17-7-8-20-26(3)11-10-21(32)27(4,16-31)19(26)9-12-28(20,5)29(17,6)15-23(34)30(18,24(35)36)22(33)14-25/h7,16,18-23,32-34H,8-15H2,1-6H3,(H,35,36)/t18-,19+,20+,21-,22+,23+,26-,27-,28+,29+,30-/m0/s1. The first-order chi connectivity index (χ1) is 16.5. The first-order valence-corrected chi connectivity index (χ1v) is 14.0. The van der Waals surface area contributed by atoms with Crippen LogP contribution >= 0.6 is 0 Å². The number of carbonyl (C=O) groups is 2. The van der Waals surface area contributed by atoms with Crippen LogP contribution in [0, 0.1) is 50.2 Å². The van der Waals surface area contributed by atoms with Crippen LogP contribution in [0.2, 0.25) is 0 Å². The molecule has 0 radical (unpaired) electrons. The van der Waals surface area contributed by atoms with Crippen molar-refractivity contribution >= 4 is 12.3 Å². The second-order valence-corrected chi connectivity index (χ2v) is 14.9. The minimum atomic E-state index is -1.57. The summed E-state index contributed by atoms with van der Waals surface area (Å²) in [6, 6.07) is 0. The Labute approximate surface area is 215 Å². The van der Waals surface area contributed by atoms with Crippen molar-refractivity contribution in [2.75, 3.05) is 0 Å². The van der Waals surface area contributed by atoms with Crippen LogP contribution in [0.4, 0.5) is 0 Å². The molecule has 11 atom stereocenters. The SMILES string of the molecule is CC1(C)C[C@@H](O)[C@]2(C(=O)O)[C@H](O)C[C@]3(C)C(=CC[C@@H]4[C@@]5(C)CC[C@H](O)[C@@](C)(C=O)[C@@H]5CC[C@]43C)[C@@H]2C1. The maximum Gasteiger partial charge on any atom is 0.315 e. The molecule has 0 amide bonds. The summed E-state index contributed by atoms with van der Waals surface area (Å²) in [6.07, 6.45) is 5.68. The minimum Gasteiger partial charge on any atom is -0.481 e. The maximum absolute atomic E-state index is 12.9. The summed E-state index contributed by atoms with van der Waals surface area (Å²) in [4.78, 5) is 25.2. The predicted molar refractivity (Wildman–Crippen MR) is 136 cm³/mol. The van der Waals surface area contributed by atoms with E-state index in [1.54, 1.807) is 0 Å². The average molecular weight is 503 g/mol. The number of allylic oxidation sites excluding steroid dienone is 2. The second-order valence-electron chi connectivity index (χ2n) is 14.9. The van der Waals surface area contributed by atoms with Gasteiger partial charge in [0.25, 0.3) is 0 Å². The van der Waals surface area contributed by atoms with E-state index in [1.165, 1.54) is 0 Å². The molecule has 0 bridgehead atoms. The molecule has 6 heteroatoms. The fraction of sp³-hybridized carbons (Fsp3) is 0.867. The molecular formula is C30H46O6. The summed E-state index contributed by atoms with van der Waals surface area (Å²) in [5, 5.41) is 44.3. The van der Waals surface area contributed by atoms with Crippen molar-refractivity contribution in [2.45, 2.75) is 111 Å². The van der Waals surface area contributed by atoms with Crippen LogP contribution in [-0.2, 0) is 9.59 Å². The molecule has 5 rings (SSSR count). The average Bonchev–Trinajstić information content (AvgIpc) is 2.76. The molecule has 0 spiro atoms. The van der Waals surface area contributed by atoms with Crippen molar-refractivity contribution < 1.29 is 30.0 Å². The molecule has 5 aliphatic carbocycles. The molecule has 4 N–H and O–H groups in total. The molecular weight excluding hydrogens is 456 g/mol. The van der Waals surface area contributed by atoms with Gasteiger partial charge in [-0.3, -0.25) is 4.79 Å². The predicted octanol–water partition coefficient (Wildman–Crippen LogP) is 4.35. The Bertz CT molecular complexity index is 1000. The number of aliphatic hydroxyl groups is 3. The lowest BCUT2D eigenvalue weighted by molar-refractivity contribution is -0.231. The van der Waals surface area contributed by atoms with Gasteiger partial charge in [-0.05, 0) is 84.9 Å². The van der Waals surface area contributed by atoms with Crippen LogP contribution < -0.4 is 0 Å². The fourth-order valence-electron chi connectivity index (χ4n) is 10.8. The highest BCUT2D eigenvalue weighted by atomic mass is 16.4. The molecule has 0 saturated heterocycles. The fourth-order valence-corrected chi connectivity index (χ4v) is 10.8. The Hall–Kier alpha value is -1.24. The van der Waals surface area contributed by atoms with Gasteiger partial charge in [-0.25, -0.2) is 0 Å². The monoisotopic (exact) mass is 502 g/mol. The molecule has 0 aliphatic heterocycles. The van der Waals surface area contributed by atoms with Crippen molar-refractivity contribution in [2.24, 2.45) is 50.2 Å². The van der Waals surface area contributed by atoms with Crippen LogP contribution in [0.1, 0.15) is 92.9 Å². The number of carboxylic acid groups (broad SMARTS) is 1. The van der Waals surface area contributed by atoms with E-state index in [-0.39, 0.29) is 28.1 Å². The van der Waals surface area contributed by atoms with E-state index in [1.807, 2.05) is 6.92 Å². The molecule has 202 valence electrons. The van der Waals surface area contributed by atoms with E-state index in [2.05, 4.69) is 40.7 Å². The number of aliphatic hydroxyl groups excluding tert-OH is 3. The van der Waals surface area contributed by atoms with Crippen molar-refractivity contribution in [1.29, 1.82) is 0 Å². The number of rotatable bonds is 2. The quantitative estimate of drug-likeness (QED) is 0.330. The Balaban J connectivity index is 1.65. The molecule has 36 heavy (non-hydrogen) atoms. The zero-order valence-corrected chi connectivity index (χ0v) is 22.9. The molecule has 0 aromatic rings. The van der Waals surface area contributed by atoms with Crippen LogP contribution in [0.15, 0.2) is 11.6 Å². The van der Waals surface area contributed by atoms with E-state index in [9.17, 15) is 30.0 Å². The van der Waals surface area contributed by atoms with Crippen LogP contribution in [0.5, 0.6) is 0 Å². The number of carbonyl (C=O) groups excluding carboxylic acids is 1. The van der Waals surface area contributed by atoms with E-state index >= 15 is 0 Å². The molecule has 5 aliphatic rings. The Morgan fingerprint density at radius 3 is 2.14 bits per heavy atom. The highest BCUT2D eigenvalue weighted by molar-refractivity contribution is 5.78. The summed E-state index contributed by atoms with van der Waals surface area (Å²) < 4.78 is 0. The number of aldehydes is 1. The van der Waals surface area contributed by atoms with Gasteiger partial charge >= 0.3 is 5.97 Å². The van der Waals surface area contributed by atoms with Crippen LogP contribution in [-0.4, -0.2) is 51.0 Å². The lowest BCUT2D eigenvalue weighted by atomic mass is 9.33. The van der Waals surface area contributed by atoms with Crippen LogP contribution in [0.25, 0.3) is 0 Å². The summed E-state index contributed by atoms with van der Waals surface area (Å²) in [5.41, 5.74) is -2.17. The lowest BCUT2D eigenvalue weighted by Crippen LogP contribution is -2.70. The van der Waals surface area contributed by atoms with Gasteiger partial charge in [0.1, 0.15) is 11.7 Å². The van der Waals surface area contributed by atoms with Gasteiger partial charge in [-0.15, -0.1) is 0 Å². The molecule has 6 nitrogen and oxygen atoms in total. The Kier molecular flexibility index (Phi) is 5.61. The molecule has 0 aromatic heterocycles. The third-order valence-electron chi connectivity index (χ3n) is 13.0. The Morgan fingerprint density at radius 1 is 0.889 bits per heavy atom. The van der Waals surface area contributed by atoms with Crippen molar-refractivity contribution in [1.82, 2.24) is 0 Å². The highest BCUT2D eigenvalue weighted by Crippen LogP contribution is 2.75. The number of hydrogen-bond acceptors (Lipinski definition) is 5. The lowest BCUT2D eigenvalue weighted by Gasteiger charge is -2.71. The van der Waals surface area contributed by atoms with Crippen molar-refractivity contribution in [3.8, 4) is 0 Å². The van der Waals surface area contributed by atoms with Gasteiger partial charge in [0, 0.05) is 5.92 Å². The molecule has 0 aromatic carbocycles. The molecule has 0 heterocycles. The summed E-state index contributed by atoms with van der Waals surface area (Å²) in [6.45, 7) is 13.0. The number of carboxylic acids is 1. The van der Waals surface area contributed by atoms with Crippen molar-refractivity contribution in [3.63, 3.8) is 0 Å². The Morgan fingerprint density at radius 2 is 1.53 bits per heavy atom. The van der Waals surface area contributed by atoms with Crippen LogP contribution in [0.3, 0.4) is 0 Å². The minimum absolute atomic E-state index is 0.0879. The van der Waals surface area contributed by atoms with E-state index < -0.39 is 46.4 Å². The van der Waals surface area contributed by atoms with Gasteiger partial charge < -0.3 is 25.2 Å². The smallest absolute Gasteiger partial charge is 0.315 e. The van der Waals surface area contributed by atoms with Crippen molar-refractivity contribution in [3.05, 3.63) is 11.6 Å². The first-order valence-electron chi connectivity index (χ1n) is 14.0. The normalized spacial score (nSPS) is 55.8. The van der Waals surface area contributed by atoms with E-state index in [0.717, 1.165) is 37.5 Å². The molecule has 0 unspecified atom stereocenters. The van der Waals surface area contributed by atoms with Gasteiger partial charge in [0.2, 0.25) is 0 Å². The topological polar surface area (TPSA) is 115 Å². The largest absolute Gasteiger partial charge is 0.481 e. The van der Waals surface area contributed by atoms with Gasteiger partial charge in [0.15, 0.2) is 0 Å².